The molecule has 5 heteroatoms. The molecule has 3 aromatic rings. The van der Waals surface area contributed by atoms with Gasteiger partial charge < -0.3 is 0 Å². The average molecular weight is 327 g/mol. The normalized spacial score (nSPS) is 11.0. The molecule has 3 nitrogen and oxygen atoms in total. The first-order valence-electron chi connectivity index (χ1n) is 4.40. The van der Waals surface area contributed by atoms with Gasteiger partial charge in [-0.15, -0.1) is 0 Å². The largest absolute Gasteiger partial charge is 0.213 e. The van der Waals surface area contributed by atoms with Gasteiger partial charge in [-0.1, -0.05) is 41.7 Å². The van der Waals surface area contributed by atoms with Crippen LogP contribution in [0.3, 0.4) is 0 Å². The number of nitrogens with zero attached hydrogens (tertiary/aromatic N) is 3. The minimum absolute atomic E-state index is 0.943. The fourth-order valence-corrected chi connectivity index (χ4v) is 2.91. The third-order valence-electron chi connectivity index (χ3n) is 2.03. The molecule has 0 spiro atoms. The van der Waals surface area contributed by atoms with Crippen LogP contribution in [0.2, 0.25) is 0 Å². The summed E-state index contributed by atoms with van der Waals surface area (Å²) in [5.41, 5.74) is 1.14. The van der Waals surface area contributed by atoms with Gasteiger partial charge >= 0.3 is 0 Å². The second kappa shape index (κ2) is 3.57. The van der Waals surface area contributed by atoms with Crippen LogP contribution < -0.4 is 0 Å². The van der Waals surface area contributed by atoms with E-state index in [4.69, 9.17) is 0 Å². The van der Waals surface area contributed by atoms with Crippen molar-refractivity contribution in [2.45, 2.75) is 0 Å². The number of imidazole rings is 1. The third-order valence-corrected chi connectivity index (χ3v) is 3.53. The predicted molar refractivity (Wildman–Crippen MR) is 69.0 cm³/mol. The predicted octanol–water partition coefficient (Wildman–Crippen LogP) is 3.06. The van der Waals surface area contributed by atoms with Crippen LogP contribution in [-0.2, 0) is 0 Å². The molecule has 15 heavy (non-hydrogen) atoms. The number of fused-ring (bicyclic) bond motifs is 1. The van der Waals surface area contributed by atoms with Crippen molar-refractivity contribution in [1.29, 1.82) is 0 Å². The van der Waals surface area contributed by atoms with Crippen LogP contribution in [0.25, 0.3) is 15.5 Å². The van der Waals surface area contributed by atoms with E-state index < -0.39 is 0 Å². The monoisotopic (exact) mass is 327 g/mol. The lowest BCUT2D eigenvalue weighted by Gasteiger charge is -1.91. The average Bonchev–Trinajstić information content (AvgIpc) is 2.76. The van der Waals surface area contributed by atoms with Crippen LogP contribution in [0.1, 0.15) is 0 Å². The van der Waals surface area contributed by atoms with E-state index in [9.17, 15) is 0 Å². The summed E-state index contributed by atoms with van der Waals surface area (Å²) in [6, 6.07) is 10.2. The number of hydrogen-bond donors (Lipinski definition) is 0. The van der Waals surface area contributed by atoms with Crippen molar-refractivity contribution in [3.63, 3.8) is 0 Å². The van der Waals surface area contributed by atoms with Crippen LogP contribution in [-0.4, -0.2) is 14.6 Å². The highest BCUT2D eigenvalue weighted by atomic mass is 127. The number of hydrogen-bond acceptors (Lipinski definition) is 3. The molecule has 0 aliphatic carbocycles. The van der Waals surface area contributed by atoms with E-state index in [-0.39, 0.29) is 0 Å². The fraction of sp³-hybridized carbons (Fsp3) is 0. The first kappa shape index (κ1) is 9.29. The molecular formula is C10H6IN3S. The highest BCUT2D eigenvalue weighted by molar-refractivity contribution is 14.1. The van der Waals surface area contributed by atoms with Crippen LogP contribution in [0, 0.1) is 3.70 Å². The van der Waals surface area contributed by atoms with Gasteiger partial charge in [0.25, 0.3) is 0 Å². The van der Waals surface area contributed by atoms with Crippen molar-refractivity contribution in [1.82, 2.24) is 14.6 Å². The van der Waals surface area contributed by atoms with E-state index in [1.807, 2.05) is 28.9 Å². The first-order valence-corrected chi connectivity index (χ1v) is 6.29. The van der Waals surface area contributed by atoms with Crippen LogP contribution in [0.5, 0.6) is 0 Å². The molecule has 74 valence electrons. The number of halogens is 1. The Hall–Kier alpha value is -0.950. The molecule has 0 radical (unpaired) electrons. The highest BCUT2D eigenvalue weighted by Gasteiger charge is 2.07. The Morgan fingerprint density at radius 3 is 2.73 bits per heavy atom. The van der Waals surface area contributed by atoms with Gasteiger partial charge in [-0.2, -0.15) is 5.10 Å². The van der Waals surface area contributed by atoms with Gasteiger partial charge in [-0.25, -0.2) is 9.50 Å². The maximum Gasteiger partial charge on any atom is 0.213 e. The Balaban J connectivity index is 2.16. The fourth-order valence-electron chi connectivity index (χ4n) is 1.37. The van der Waals surface area contributed by atoms with E-state index >= 15 is 0 Å². The number of aromatic nitrogens is 3. The maximum atomic E-state index is 4.47. The minimum Gasteiger partial charge on any atom is -0.211 e. The summed E-state index contributed by atoms with van der Waals surface area (Å²) >= 11 is 3.80. The van der Waals surface area contributed by atoms with E-state index in [0.29, 0.717) is 0 Å². The second-order valence-corrected chi connectivity index (χ2v) is 5.13. The number of benzene rings is 1. The number of rotatable bonds is 1. The van der Waals surface area contributed by atoms with Crippen molar-refractivity contribution in [3.8, 4) is 10.6 Å². The molecule has 2 heterocycles. The van der Waals surface area contributed by atoms with Crippen molar-refractivity contribution < 1.29 is 0 Å². The van der Waals surface area contributed by atoms with Gasteiger partial charge in [0.2, 0.25) is 4.96 Å². The summed E-state index contributed by atoms with van der Waals surface area (Å²) in [7, 11) is 0. The Bertz CT molecular complexity index is 568. The van der Waals surface area contributed by atoms with Gasteiger partial charge in [-0.05, 0) is 22.6 Å². The summed E-state index contributed by atoms with van der Waals surface area (Å²) in [4.78, 5) is 5.31. The first-order chi connectivity index (χ1) is 7.33. The van der Waals surface area contributed by atoms with Crippen molar-refractivity contribution in [3.05, 3.63) is 40.2 Å². The molecule has 0 aliphatic heterocycles. The van der Waals surface area contributed by atoms with Gasteiger partial charge in [0.1, 0.15) is 8.71 Å². The maximum absolute atomic E-state index is 4.47. The molecule has 0 unspecified atom stereocenters. The Morgan fingerprint density at radius 2 is 2.00 bits per heavy atom. The van der Waals surface area contributed by atoms with Gasteiger partial charge in [0.05, 0.1) is 6.20 Å². The lowest BCUT2D eigenvalue weighted by Crippen LogP contribution is -1.81. The van der Waals surface area contributed by atoms with Crippen molar-refractivity contribution in [2.24, 2.45) is 0 Å². The topological polar surface area (TPSA) is 30.2 Å². The Kier molecular flexibility index (Phi) is 2.21. The molecule has 1 aromatic carbocycles. The summed E-state index contributed by atoms with van der Waals surface area (Å²) in [5, 5.41) is 5.48. The summed E-state index contributed by atoms with van der Waals surface area (Å²) in [5.74, 6) is 0. The molecule has 0 N–H and O–H groups in total. The molecular weight excluding hydrogens is 321 g/mol. The molecule has 0 aliphatic rings. The molecule has 0 fully saturated rings. The highest BCUT2D eigenvalue weighted by Crippen LogP contribution is 2.25. The molecule has 0 saturated heterocycles. The summed E-state index contributed by atoms with van der Waals surface area (Å²) in [6.45, 7) is 0. The molecule has 2 aromatic heterocycles. The van der Waals surface area contributed by atoms with E-state index in [1.54, 1.807) is 11.3 Å². The SMILES string of the molecule is Ic1cn2nc(-c3ccccc3)sc2n1. The lowest BCUT2D eigenvalue weighted by atomic mass is 10.2. The van der Waals surface area contributed by atoms with Crippen LogP contribution >= 0.6 is 33.9 Å². The van der Waals surface area contributed by atoms with E-state index in [0.717, 1.165) is 19.2 Å². The van der Waals surface area contributed by atoms with Crippen LogP contribution in [0.4, 0.5) is 0 Å². The van der Waals surface area contributed by atoms with Gasteiger partial charge in [0, 0.05) is 5.56 Å². The zero-order valence-electron chi connectivity index (χ0n) is 7.59. The molecule has 0 saturated carbocycles. The lowest BCUT2D eigenvalue weighted by molar-refractivity contribution is 0.977. The zero-order chi connectivity index (χ0) is 10.3. The Labute approximate surface area is 104 Å². The quantitative estimate of drug-likeness (QED) is 0.643. The molecule has 0 bridgehead atoms. The molecule has 0 atom stereocenters. The van der Waals surface area contributed by atoms with Crippen molar-refractivity contribution >= 4 is 38.9 Å². The van der Waals surface area contributed by atoms with E-state index in [1.165, 1.54) is 0 Å². The van der Waals surface area contributed by atoms with Gasteiger partial charge in [-0.3, -0.25) is 0 Å². The third kappa shape index (κ3) is 1.65. The summed E-state index contributed by atoms with van der Waals surface area (Å²) < 4.78 is 2.81. The van der Waals surface area contributed by atoms with Gasteiger partial charge in [0.15, 0.2) is 0 Å². The smallest absolute Gasteiger partial charge is 0.211 e. The standard InChI is InChI=1S/C10H6IN3S/c11-8-6-14-10(12-8)15-9(13-14)7-4-2-1-3-5-7/h1-6H. The van der Waals surface area contributed by atoms with E-state index in [2.05, 4.69) is 44.8 Å². The molecule has 0 amide bonds. The zero-order valence-corrected chi connectivity index (χ0v) is 10.6. The van der Waals surface area contributed by atoms with Crippen LogP contribution in [0.15, 0.2) is 36.5 Å². The molecule has 3 rings (SSSR count). The Morgan fingerprint density at radius 1 is 1.20 bits per heavy atom. The summed E-state index contributed by atoms with van der Waals surface area (Å²) in [6.07, 6.45) is 1.93. The minimum atomic E-state index is 0.943. The second-order valence-electron chi connectivity index (χ2n) is 3.06. The van der Waals surface area contributed by atoms with Crippen molar-refractivity contribution in [2.75, 3.05) is 0 Å².